The van der Waals surface area contributed by atoms with Crippen LogP contribution in [0, 0.1) is 6.92 Å². The van der Waals surface area contributed by atoms with Crippen molar-refractivity contribution in [1.82, 2.24) is 0 Å². The molecule has 0 saturated carbocycles. The number of hydrogen-bond acceptors (Lipinski definition) is 3. The van der Waals surface area contributed by atoms with Gasteiger partial charge in [-0.3, -0.25) is 4.79 Å². The van der Waals surface area contributed by atoms with Gasteiger partial charge in [-0.1, -0.05) is 17.7 Å². The zero-order valence-corrected chi connectivity index (χ0v) is 11.5. The van der Waals surface area contributed by atoms with E-state index in [1.807, 2.05) is 6.92 Å². The van der Waals surface area contributed by atoms with Gasteiger partial charge in [-0.05, 0) is 42.8 Å². The van der Waals surface area contributed by atoms with Crippen molar-refractivity contribution in [3.8, 4) is 5.75 Å². The number of nitrogens with two attached hydrogens (primary N) is 1. The van der Waals surface area contributed by atoms with Crippen molar-refractivity contribution < 1.29 is 9.53 Å². The summed E-state index contributed by atoms with van der Waals surface area (Å²) in [5, 5.41) is 0.385. The van der Waals surface area contributed by atoms with Crippen LogP contribution in [-0.4, -0.2) is 12.9 Å². The topological polar surface area (TPSA) is 52.3 Å². The predicted molar refractivity (Wildman–Crippen MR) is 77.0 cm³/mol. The van der Waals surface area contributed by atoms with Crippen molar-refractivity contribution in [1.29, 1.82) is 0 Å². The smallest absolute Gasteiger partial charge is 0.195 e. The molecule has 0 aromatic heterocycles. The Labute approximate surface area is 117 Å². The first-order chi connectivity index (χ1) is 9.04. The van der Waals surface area contributed by atoms with Crippen LogP contribution in [-0.2, 0) is 0 Å². The van der Waals surface area contributed by atoms with Gasteiger partial charge >= 0.3 is 0 Å². The first kappa shape index (κ1) is 13.4. The summed E-state index contributed by atoms with van der Waals surface area (Å²) in [5.41, 5.74) is 8.02. The molecule has 0 aliphatic rings. The molecule has 0 amide bonds. The van der Waals surface area contributed by atoms with Crippen LogP contribution < -0.4 is 10.5 Å². The molecule has 0 spiro atoms. The third-order valence-electron chi connectivity index (χ3n) is 2.95. The highest BCUT2D eigenvalue weighted by molar-refractivity contribution is 6.34. The third kappa shape index (κ3) is 2.56. The lowest BCUT2D eigenvalue weighted by molar-refractivity contribution is 0.103. The average Bonchev–Trinajstić information content (AvgIpc) is 2.41. The van der Waals surface area contributed by atoms with Gasteiger partial charge in [-0.25, -0.2) is 0 Å². The van der Waals surface area contributed by atoms with Crippen LogP contribution in [0.4, 0.5) is 5.69 Å². The number of carbonyl (C=O) groups excluding carboxylic acids is 1. The molecule has 98 valence electrons. The van der Waals surface area contributed by atoms with Crippen molar-refractivity contribution in [2.75, 3.05) is 12.8 Å². The molecule has 0 unspecified atom stereocenters. The maximum absolute atomic E-state index is 12.4. The second-order valence-electron chi connectivity index (χ2n) is 4.21. The van der Waals surface area contributed by atoms with E-state index in [0.29, 0.717) is 21.8 Å². The summed E-state index contributed by atoms with van der Waals surface area (Å²) >= 11 is 5.93. The second-order valence-corrected chi connectivity index (χ2v) is 4.62. The number of carbonyl (C=O) groups is 1. The van der Waals surface area contributed by atoms with E-state index in [4.69, 9.17) is 22.1 Å². The highest BCUT2D eigenvalue weighted by Crippen LogP contribution is 2.26. The minimum atomic E-state index is -0.147. The van der Waals surface area contributed by atoms with E-state index in [0.717, 1.165) is 11.3 Å². The van der Waals surface area contributed by atoms with E-state index in [2.05, 4.69) is 0 Å². The Bertz CT molecular complexity index is 638. The molecule has 4 heteroatoms. The van der Waals surface area contributed by atoms with Gasteiger partial charge in [0, 0.05) is 11.1 Å². The molecule has 0 saturated heterocycles. The van der Waals surface area contributed by atoms with Gasteiger partial charge in [-0.2, -0.15) is 0 Å². The van der Waals surface area contributed by atoms with Crippen molar-refractivity contribution in [2.24, 2.45) is 0 Å². The average molecular weight is 276 g/mol. The van der Waals surface area contributed by atoms with Crippen LogP contribution in [0.5, 0.6) is 5.75 Å². The van der Waals surface area contributed by atoms with E-state index < -0.39 is 0 Å². The minimum Gasteiger partial charge on any atom is -0.496 e. The summed E-state index contributed by atoms with van der Waals surface area (Å²) in [6, 6.07) is 10.3. The molecule has 0 bridgehead atoms. The molecule has 0 aliphatic heterocycles. The summed E-state index contributed by atoms with van der Waals surface area (Å²) in [5.74, 6) is 0.598. The summed E-state index contributed by atoms with van der Waals surface area (Å²) in [7, 11) is 1.60. The summed E-state index contributed by atoms with van der Waals surface area (Å²) < 4.78 is 5.17. The maximum Gasteiger partial charge on any atom is 0.195 e. The molecular weight excluding hydrogens is 262 g/mol. The van der Waals surface area contributed by atoms with Crippen LogP contribution in [0.25, 0.3) is 0 Å². The fourth-order valence-electron chi connectivity index (χ4n) is 1.91. The van der Waals surface area contributed by atoms with Gasteiger partial charge in [0.05, 0.1) is 17.8 Å². The zero-order chi connectivity index (χ0) is 14.0. The largest absolute Gasteiger partial charge is 0.496 e. The van der Waals surface area contributed by atoms with E-state index in [-0.39, 0.29) is 5.78 Å². The van der Waals surface area contributed by atoms with Crippen LogP contribution >= 0.6 is 11.6 Å². The lowest BCUT2D eigenvalue weighted by atomic mass is 10.00. The fourth-order valence-corrected chi connectivity index (χ4v) is 2.08. The van der Waals surface area contributed by atoms with Crippen LogP contribution in [0.15, 0.2) is 36.4 Å². The van der Waals surface area contributed by atoms with E-state index in [9.17, 15) is 4.79 Å². The second kappa shape index (κ2) is 5.33. The molecule has 0 atom stereocenters. The number of rotatable bonds is 3. The number of anilines is 1. The molecule has 0 fully saturated rings. The fraction of sp³-hybridized carbons (Fsp3) is 0.133. The molecular formula is C15H14ClNO2. The van der Waals surface area contributed by atoms with Gasteiger partial charge in [0.2, 0.25) is 0 Å². The Hall–Kier alpha value is -2.00. The van der Waals surface area contributed by atoms with Crippen LogP contribution in [0.3, 0.4) is 0 Å². The molecule has 2 rings (SSSR count). The number of ketones is 1. The number of ether oxygens (including phenoxy) is 1. The predicted octanol–water partition coefficient (Wildman–Crippen LogP) is 3.47. The molecule has 0 heterocycles. The van der Waals surface area contributed by atoms with Gasteiger partial charge in [0.25, 0.3) is 0 Å². The molecule has 0 aliphatic carbocycles. The van der Waals surface area contributed by atoms with Crippen molar-refractivity contribution in [2.45, 2.75) is 6.92 Å². The summed E-state index contributed by atoms with van der Waals surface area (Å²) in [4.78, 5) is 12.4. The zero-order valence-electron chi connectivity index (χ0n) is 10.7. The normalized spacial score (nSPS) is 10.3. The Morgan fingerprint density at radius 1 is 1.26 bits per heavy atom. The molecule has 0 radical (unpaired) electrons. The van der Waals surface area contributed by atoms with Crippen LogP contribution in [0.2, 0.25) is 5.02 Å². The van der Waals surface area contributed by atoms with E-state index in [1.54, 1.807) is 43.5 Å². The molecule has 2 aromatic rings. The number of benzene rings is 2. The highest BCUT2D eigenvalue weighted by atomic mass is 35.5. The van der Waals surface area contributed by atoms with E-state index >= 15 is 0 Å². The van der Waals surface area contributed by atoms with Gasteiger partial charge in [0.15, 0.2) is 5.78 Å². The third-order valence-corrected chi connectivity index (χ3v) is 3.28. The van der Waals surface area contributed by atoms with Crippen molar-refractivity contribution >= 4 is 23.1 Å². The number of methoxy groups -OCH3 is 1. The lowest BCUT2D eigenvalue weighted by Gasteiger charge is -2.09. The highest BCUT2D eigenvalue weighted by Gasteiger charge is 2.14. The quantitative estimate of drug-likeness (QED) is 0.689. The van der Waals surface area contributed by atoms with Crippen LogP contribution in [0.1, 0.15) is 21.5 Å². The van der Waals surface area contributed by atoms with E-state index in [1.165, 1.54) is 0 Å². The Morgan fingerprint density at radius 2 is 2.00 bits per heavy atom. The van der Waals surface area contributed by atoms with Crippen molar-refractivity contribution in [3.63, 3.8) is 0 Å². The maximum atomic E-state index is 12.4. The standard InChI is InChI=1S/C15H14ClNO2/c1-9-8-10(6-7-13(9)19-2)15(18)11-4-3-5-12(16)14(11)17/h3-8H,17H2,1-2H3. The number of hydrogen-bond donors (Lipinski definition) is 1. The Balaban J connectivity index is 2.44. The lowest BCUT2D eigenvalue weighted by Crippen LogP contribution is -2.06. The Kier molecular flexibility index (Phi) is 3.76. The minimum absolute atomic E-state index is 0.147. The molecule has 2 aromatic carbocycles. The monoisotopic (exact) mass is 275 g/mol. The van der Waals surface area contributed by atoms with Gasteiger partial charge in [0.1, 0.15) is 5.75 Å². The molecule has 3 nitrogen and oxygen atoms in total. The molecule has 2 N–H and O–H groups in total. The number of aryl methyl sites for hydroxylation is 1. The first-order valence-corrected chi connectivity index (χ1v) is 6.15. The molecule has 19 heavy (non-hydrogen) atoms. The van der Waals surface area contributed by atoms with Crippen molar-refractivity contribution in [3.05, 3.63) is 58.1 Å². The Morgan fingerprint density at radius 3 is 2.63 bits per heavy atom. The summed E-state index contributed by atoms with van der Waals surface area (Å²) in [6.45, 7) is 1.89. The SMILES string of the molecule is COc1ccc(C(=O)c2cccc(Cl)c2N)cc1C. The van der Waals surface area contributed by atoms with Gasteiger partial charge < -0.3 is 10.5 Å². The number of halogens is 1. The number of nitrogen functional groups attached to an aromatic ring is 1. The van der Waals surface area contributed by atoms with Gasteiger partial charge in [-0.15, -0.1) is 0 Å². The number of para-hydroxylation sites is 1. The first-order valence-electron chi connectivity index (χ1n) is 5.78. The summed E-state index contributed by atoms with van der Waals surface area (Å²) in [6.07, 6.45) is 0.